The van der Waals surface area contributed by atoms with Crippen LogP contribution < -0.4 is 5.32 Å². The van der Waals surface area contributed by atoms with Gasteiger partial charge in [0.15, 0.2) is 5.82 Å². The van der Waals surface area contributed by atoms with Crippen molar-refractivity contribution < 1.29 is 18.9 Å². The van der Waals surface area contributed by atoms with Gasteiger partial charge in [0.1, 0.15) is 12.3 Å². The molecule has 1 aliphatic heterocycles. The van der Waals surface area contributed by atoms with E-state index in [0.29, 0.717) is 11.7 Å². The van der Waals surface area contributed by atoms with Crippen molar-refractivity contribution in [2.24, 2.45) is 23.7 Å². The van der Waals surface area contributed by atoms with Crippen LogP contribution in [0.4, 0.5) is 5.82 Å². The van der Waals surface area contributed by atoms with Gasteiger partial charge < -0.3 is 9.84 Å². The van der Waals surface area contributed by atoms with Crippen molar-refractivity contribution in [2.45, 2.75) is 25.7 Å². The molecule has 5 rings (SSSR count). The van der Waals surface area contributed by atoms with Crippen LogP contribution in [0, 0.1) is 30.6 Å². The minimum absolute atomic E-state index is 0.181. The van der Waals surface area contributed by atoms with Crippen LogP contribution in [-0.2, 0) is 14.4 Å². The van der Waals surface area contributed by atoms with Crippen molar-refractivity contribution in [3.63, 3.8) is 0 Å². The number of nitrogens with one attached hydrogen (secondary N) is 1. The second kappa shape index (κ2) is 6.29. The number of likely N-dealkylation sites (tertiary alicyclic amines) is 1. The summed E-state index contributed by atoms with van der Waals surface area (Å²) in [6.45, 7) is 1.45. The minimum atomic E-state index is -0.443. The van der Waals surface area contributed by atoms with Crippen molar-refractivity contribution in [1.82, 2.24) is 10.1 Å². The van der Waals surface area contributed by atoms with E-state index in [0.717, 1.165) is 17.7 Å². The summed E-state index contributed by atoms with van der Waals surface area (Å²) in [6, 6.07) is 11.8. The summed E-state index contributed by atoms with van der Waals surface area (Å²) in [4.78, 5) is 39.4. The maximum absolute atomic E-state index is 13.0. The summed E-state index contributed by atoms with van der Waals surface area (Å²) in [7, 11) is 0. The average molecular weight is 379 g/mol. The third-order valence-corrected chi connectivity index (χ3v) is 6.53. The Labute approximate surface area is 162 Å². The number of rotatable bonds is 4. The monoisotopic (exact) mass is 379 g/mol. The third kappa shape index (κ3) is 2.57. The number of imide groups is 1. The molecule has 2 heterocycles. The molecule has 2 saturated carbocycles. The number of benzene rings is 1. The van der Waals surface area contributed by atoms with Crippen molar-refractivity contribution in [3.8, 4) is 0 Å². The van der Waals surface area contributed by atoms with Gasteiger partial charge in [0, 0.05) is 6.07 Å². The molecule has 7 heteroatoms. The molecule has 2 bridgehead atoms. The fraction of sp³-hybridized carbons (Fsp3) is 0.429. The number of hydrogen-bond donors (Lipinski definition) is 1. The lowest BCUT2D eigenvalue weighted by Gasteiger charge is -2.28. The number of nitrogens with zero attached hydrogens (tertiary/aromatic N) is 2. The zero-order chi connectivity index (χ0) is 19.4. The predicted molar refractivity (Wildman–Crippen MR) is 99.0 cm³/mol. The van der Waals surface area contributed by atoms with Crippen LogP contribution in [-0.4, -0.2) is 34.3 Å². The molecular formula is C21H21N3O4. The van der Waals surface area contributed by atoms with Gasteiger partial charge in [-0.3, -0.25) is 19.3 Å². The Hall–Kier alpha value is -2.96. The highest BCUT2D eigenvalue weighted by molar-refractivity contribution is 6.09. The lowest BCUT2D eigenvalue weighted by atomic mass is 9.73. The van der Waals surface area contributed by atoms with E-state index in [1.807, 2.05) is 18.2 Å². The molecule has 144 valence electrons. The molecule has 0 spiro atoms. The van der Waals surface area contributed by atoms with Crippen LogP contribution in [0.25, 0.3) is 0 Å². The van der Waals surface area contributed by atoms with E-state index in [1.54, 1.807) is 13.0 Å². The van der Waals surface area contributed by atoms with Gasteiger partial charge in [-0.2, -0.15) is 0 Å². The van der Waals surface area contributed by atoms with Crippen LogP contribution in [0.2, 0.25) is 0 Å². The van der Waals surface area contributed by atoms with Gasteiger partial charge in [-0.1, -0.05) is 35.5 Å². The molecule has 3 aliphatic rings. The molecule has 2 aliphatic carbocycles. The van der Waals surface area contributed by atoms with Gasteiger partial charge in [0.25, 0.3) is 0 Å². The highest BCUT2D eigenvalue weighted by Crippen LogP contribution is 2.61. The first-order valence-electron chi connectivity index (χ1n) is 9.66. The first-order valence-corrected chi connectivity index (χ1v) is 9.66. The Bertz CT molecular complexity index is 954. The van der Waals surface area contributed by atoms with Crippen LogP contribution in [0.3, 0.4) is 0 Å². The summed E-state index contributed by atoms with van der Waals surface area (Å²) >= 11 is 0. The lowest BCUT2D eigenvalue weighted by Crippen LogP contribution is -2.39. The molecule has 1 N–H and O–H groups in total. The van der Waals surface area contributed by atoms with Gasteiger partial charge in [-0.25, -0.2) is 0 Å². The highest BCUT2D eigenvalue weighted by atomic mass is 16.5. The van der Waals surface area contributed by atoms with E-state index in [4.69, 9.17) is 4.52 Å². The molecule has 2 aromatic rings. The van der Waals surface area contributed by atoms with Crippen LogP contribution in [0.5, 0.6) is 0 Å². The zero-order valence-electron chi connectivity index (χ0n) is 15.5. The number of hydrogen-bond acceptors (Lipinski definition) is 5. The fourth-order valence-corrected chi connectivity index (χ4v) is 5.51. The van der Waals surface area contributed by atoms with E-state index < -0.39 is 5.91 Å². The van der Waals surface area contributed by atoms with E-state index in [2.05, 4.69) is 22.6 Å². The second-order valence-corrected chi connectivity index (χ2v) is 8.10. The molecular weight excluding hydrogens is 358 g/mol. The molecule has 0 unspecified atom stereocenters. The quantitative estimate of drug-likeness (QED) is 0.823. The molecule has 28 heavy (non-hydrogen) atoms. The molecule has 7 nitrogen and oxygen atoms in total. The summed E-state index contributed by atoms with van der Waals surface area (Å²) < 4.78 is 4.92. The van der Waals surface area contributed by atoms with Gasteiger partial charge >= 0.3 is 0 Å². The smallest absolute Gasteiger partial charge is 0.245 e. The SMILES string of the molecule is Cc1cc(NC(=O)CN2C(=O)[C@@H]3[C@@H]4C[C@@H]([C@@H]3C2=O)[C@@H](c2ccccc2)C4)no1. The number of fused-ring (bicyclic) bond motifs is 5. The fourth-order valence-electron chi connectivity index (χ4n) is 5.51. The average Bonchev–Trinajstić information content (AvgIpc) is 3.43. The minimum Gasteiger partial charge on any atom is -0.360 e. The standard InChI is InChI=1S/C21H21N3O4/c1-11-7-16(23-28-11)22-17(25)10-24-20(26)18-13-8-14(12-5-3-2-4-6-12)15(9-13)19(18)21(24)27/h2-7,13-15,18-19H,8-10H2,1H3,(H,22,23,25)/t13-,14+,15+,18+,19-/m0/s1. The van der Waals surface area contributed by atoms with E-state index in [1.165, 1.54) is 5.56 Å². The Morgan fingerprint density at radius 1 is 1.18 bits per heavy atom. The van der Waals surface area contributed by atoms with Gasteiger partial charge in [0.05, 0.1) is 11.8 Å². The lowest BCUT2D eigenvalue weighted by molar-refractivity contribution is -0.143. The van der Waals surface area contributed by atoms with Crippen molar-refractivity contribution in [2.75, 3.05) is 11.9 Å². The molecule has 1 aromatic heterocycles. The number of amides is 3. The Kier molecular flexibility index (Phi) is 3.86. The third-order valence-electron chi connectivity index (χ3n) is 6.53. The summed E-state index contributed by atoms with van der Waals surface area (Å²) in [5, 5.41) is 6.29. The number of aryl methyl sites for hydroxylation is 1. The molecule has 1 saturated heterocycles. The second-order valence-electron chi connectivity index (χ2n) is 8.10. The van der Waals surface area contributed by atoms with E-state index in [9.17, 15) is 14.4 Å². The molecule has 3 fully saturated rings. The number of carbonyl (C=O) groups is 3. The number of anilines is 1. The van der Waals surface area contributed by atoms with E-state index >= 15 is 0 Å². The Morgan fingerprint density at radius 2 is 1.93 bits per heavy atom. The molecule has 3 amide bonds. The first-order chi connectivity index (χ1) is 13.5. The first kappa shape index (κ1) is 17.2. The maximum Gasteiger partial charge on any atom is 0.245 e. The maximum atomic E-state index is 13.0. The van der Waals surface area contributed by atoms with Gasteiger partial charge in [-0.15, -0.1) is 0 Å². The zero-order valence-corrected chi connectivity index (χ0v) is 15.5. The van der Waals surface area contributed by atoms with Crippen LogP contribution in [0.1, 0.15) is 30.1 Å². The summed E-state index contributed by atoms with van der Waals surface area (Å²) in [5.41, 5.74) is 1.24. The largest absolute Gasteiger partial charge is 0.360 e. The Morgan fingerprint density at radius 3 is 2.64 bits per heavy atom. The van der Waals surface area contributed by atoms with Gasteiger partial charge in [0.2, 0.25) is 17.7 Å². The molecule has 5 atom stereocenters. The van der Waals surface area contributed by atoms with Crippen molar-refractivity contribution >= 4 is 23.5 Å². The normalized spacial score (nSPS) is 30.8. The predicted octanol–water partition coefficient (Wildman–Crippen LogP) is 2.35. The Balaban J connectivity index is 1.32. The summed E-state index contributed by atoms with van der Waals surface area (Å²) in [5.74, 6) is 0.182. The molecule has 1 aromatic carbocycles. The number of carbonyl (C=O) groups excluding carboxylic acids is 3. The van der Waals surface area contributed by atoms with Crippen molar-refractivity contribution in [1.29, 1.82) is 0 Å². The van der Waals surface area contributed by atoms with Gasteiger partial charge in [-0.05, 0) is 43.1 Å². The topological polar surface area (TPSA) is 92.5 Å². The summed E-state index contributed by atoms with van der Waals surface area (Å²) in [6.07, 6.45) is 1.86. The highest BCUT2D eigenvalue weighted by Gasteiger charge is 2.63. The number of aromatic nitrogens is 1. The van der Waals surface area contributed by atoms with Crippen LogP contribution in [0.15, 0.2) is 40.9 Å². The van der Waals surface area contributed by atoms with E-state index in [-0.39, 0.29) is 47.8 Å². The molecule has 0 radical (unpaired) electrons. The van der Waals surface area contributed by atoms with Crippen LogP contribution >= 0.6 is 0 Å². The van der Waals surface area contributed by atoms with Crippen molar-refractivity contribution in [3.05, 3.63) is 47.7 Å².